The molecule has 1 atom stereocenters. The number of likely N-dealkylation sites (tertiary alicyclic amines) is 1. The van der Waals surface area contributed by atoms with Crippen molar-refractivity contribution in [2.75, 3.05) is 13.7 Å². The third-order valence-corrected chi connectivity index (χ3v) is 4.21. The smallest absolute Gasteiger partial charge is 0.167 e. The highest BCUT2D eigenvalue weighted by atomic mass is 16.5. The maximum atomic E-state index is 5.11. The van der Waals surface area contributed by atoms with Crippen LogP contribution in [0.1, 0.15) is 48.2 Å². The second-order valence-corrected chi connectivity index (χ2v) is 5.82. The van der Waals surface area contributed by atoms with Crippen LogP contribution in [0, 0.1) is 6.92 Å². The van der Waals surface area contributed by atoms with E-state index in [1.807, 2.05) is 12.3 Å². The van der Waals surface area contributed by atoms with Crippen molar-refractivity contribution in [3.63, 3.8) is 0 Å². The molecule has 0 spiro atoms. The van der Waals surface area contributed by atoms with Gasteiger partial charge in [0, 0.05) is 19.9 Å². The number of aromatic amines is 1. The lowest BCUT2D eigenvalue weighted by molar-refractivity contribution is 0.131. The number of pyridine rings is 1. The number of ether oxygens (including phenoxy) is 1. The van der Waals surface area contributed by atoms with E-state index in [0.717, 1.165) is 36.9 Å². The number of aryl methyl sites for hydroxylation is 1. The van der Waals surface area contributed by atoms with Crippen LogP contribution < -0.4 is 0 Å². The van der Waals surface area contributed by atoms with Gasteiger partial charge in [-0.05, 0) is 37.9 Å². The average Bonchev–Trinajstić information content (AvgIpc) is 2.99. The average molecular weight is 301 g/mol. The number of hydrogen-bond donors (Lipinski definition) is 1. The summed E-state index contributed by atoms with van der Waals surface area (Å²) in [5.74, 6) is 1.66. The maximum Gasteiger partial charge on any atom is 0.167 e. The lowest BCUT2D eigenvalue weighted by Gasteiger charge is -2.33. The van der Waals surface area contributed by atoms with Gasteiger partial charge < -0.3 is 4.74 Å². The minimum Gasteiger partial charge on any atom is -0.377 e. The summed E-state index contributed by atoms with van der Waals surface area (Å²) in [5, 5.41) is 7.37. The van der Waals surface area contributed by atoms with Crippen LogP contribution in [0.25, 0.3) is 0 Å². The SMILES string of the molecule is COCc1nc([C@@H]2CCCCN2Cc2ncccc2C)n[nH]1. The number of H-pyrrole nitrogens is 1. The summed E-state index contributed by atoms with van der Waals surface area (Å²) >= 11 is 0. The van der Waals surface area contributed by atoms with Gasteiger partial charge in [-0.3, -0.25) is 15.0 Å². The first-order valence-corrected chi connectivity index (χ1v) is 7.82. The highest BCUT2D eigenvalue weighted by Gasteiger charge is 2.27. The van der Waals surface area contributed by atoms with Crippen LogP contribution in [0.4, 0.5) is 0 Å². The van der Waals surface area contributed by atoms with Crippen LogP contribution >= 0.6 is 0 Å². The lowest BCUT2D eigenvalue weighted by Crippen LogP contribution is -2.34. The molecule has 0 bridgehead atoms. The van der Waals surface area contributed by atoms with Crippen molar-refractivity contribution >= 4 is 0 Å². The highest BCUT2D eigenvalue weighted by Crippen LogP contribution is 2.30. The molecule has 0 unspecified atom stereocenters. The number of aromatic nitrogens is 4. The number of nitrogens with zero attached hydrogens (tertiary/aromatic N) is 4. The molecule has 1 N–H and O–H groups in total. The van der Waals surface area contributed by atoms with Gasteiger partial charge in [-0.25, -0.2) is 4.98 Å². The van der Waals surface area contributed by atoms with Crippen molar-refractivity contribution in [1.29, 1.82) is 0 Å². The molecule has 2 aromatic heterocycles. The van der Waals surface area contributed by atoms with Gasteiger partial charge in [-0.15, -0.1) is 0 Å². The van der Waals surface area contributed by atoms with Crippen LogP contribution in [-0.4, -0.2) is 38.7 Å². The molecule has 22 heavy (non-hydrogen) atoms. The third kappa shape index (κ3) is 3.34. The molecule has 6 heteroatoms. The van der Waals surface area contributed by atoms with Crippen molar-refractivity contribution in [1.82, 2.24) is 25.1 Å². The van der Waals surface area contributed by atoms with Crippen LogP contribution in [0.2, 0.25) is 0 Å². The number of piperidine rings is 1. The van der Waals surface area contributed by atoms with E-state index in [0.29, 0.717) is 6.61 Å². The van der Waals surface area contributed by atoms with E-state index in [9.17, 15) is 0 Å². The summed E-state index contributed by atoms with van der Waals surface area (Å²) < 4.78 is 5.11. The Morgan fingerprint density at radius 2 is 2.32 bits per heavy atom. The highest BCUT2D eigenvalue weighted by molar-refractivity contribution is 5.18. The van der Waals surface area contributed by atoms with Crippen molar-refractivity contribution in [3.8, 4) is 0 Å². The predicted octanol–water partition coefficient (Wildman–Crippen LogP) is 2.38. The van der Waals surface area contributed by atoms with Gasteiger partial charge in [0.25, 0.3) is 0 Å². The van der Waals surface area contributed by atoms with Gasteiger partial charge in [0.1, 0.15) is 6.61 Å². The molecule has 1 aliphatic heterocycles. The molecule has 0 radical (unpaired) electrons. The second kappa shape index (κ2) is 6.98. The summed E-state index contributed by atoms with van der Waals surface area (Å²) in [6, 6.07) is 4.36. The topological polar surface area (TPSA) is 66.9 Å². The number of methoxy groups -OCH3 is 1. The Morgan fingerprint density at radius 3 is 3.14 bits per heavy atom. The molecule has 0 aliphatic carbocycles. The van der Waals surface area contributed by atoms with E-state index >= 15 is 0 Å². The standard InChI is InChI=1S/C16H23N5O/c1-12-6-5-8-17-13(12)10-21-9-4-3-7-14(21)16-18-15(11-22-2)19-20-16/h5-6,8,14H,3-4,7,9-11H2,1-2H3,(H,18,19,20)/t14-/m0/s1. The van der Waals surface area contributed by atoms with E-state index in [1.54, 1.807) is 7.11 Å². The molecular formula is C16H23N5O. The number of rotatable bonds is 5. The Morgan fingerprint density at radius 1 is 1.41 bits per heavy atom. The van der Waals surface area contributed by atoms with E-state index in [4.69, 9.17) is 4.74 Å². The molecule has 1 saturated heterocycles. The van der Waals surface area contributed by atoms with Crippen molar-refractivity contribution < 1.29 is 4.74 Å². The first kappa shape index (κ1) is 15.1. The van der Waals surface area contributed by atoms with E-state index < -0.39 is 0 Å². The predicted molar refractivity (Wildman–Crippen MR) is 83.1 cm³/mol. The third-order valence-electron chi connectivity index (χ3n) is 4.21. The van der Waals surface area contributed by atoms with Gasteiger partial charge >= 0.3 is 0 Å². The molecule has 1 aliphatic rings. The zero-order valence-electron chi connectivity index (χ0n) is 13.2. The Bertz CT molecular complexity index is 612. The zero-order chi connectivity index (χ0) is 15.4. The first-order valence-electron chi connectivity index (χ1n) is 7.82. The minimum atomic E-state index is 0.261. The number of hydrogen-bond acceptors (Lipinski definition) is 5. The van der Waals surface area contributed by atoms with E-state index in [-0.39, 0.29) is 6.04 Å². The fourth-order valence-electron chi connectivity index (χ4n) is 3.01. The Balaban J connectivity index is 1.77. The van der Waals surface area contributed by atoms with Crippen LogP contribution in [0.5, 0.6) is 0 Å². The molecule has 6 nitrogen and oxygen atoms in total. The van der Waals surface area contributed by atoms with Gasteiger partial charge in [0.15, 0.2) is 11.6 Å². The van der Waals surface area contributed by atoms with Gasteiger partial charge in [0.2, 0.25) is 0 Å². The summed E-state index contributed by atoms with van der Waals surface area (Å²) in [6.45, 7) is 4.50. The van der Waals surface area contributed by atoms with Crippen molar-refractivity contribution in [3.05, 3.63) is 41.2 Å². The molecule has 2 aromatic rings. The Labute approximate surface area is 130 Å². The molecule has 3 heterocycles. The monoisotopic (exact) mass is 301 g/mol. The molecule has 0 amide bonds. The van der Waals surface area contributed by atoms with Crippen LogP contribution in [-0.2, 0) is 17.9 Å². The molecule has 0 aromatic carbocycles. The fraction of sp³-hybridized carbons (Fsp3) is 0.562. The van der Waals surface area contributed by atoms with Gasteiger partial charge in [0.05, 0.1) is 11.7 Å². The minimum absolute atomic E-state index is 0.261. The molecule has 0 saturated carbocycles. The molecular weight excluding hydrogens is 278 g/mol. The van der Waals surface area contributed by atoms with Crippen LogP contribution in [0.15, 0.2) is 18.3 Å². The molecule has 1 fully saturated rings. The van der Waals surface area contributed by atoms with Crippen LogP contribution in [0.3, 0.4) is 0 Å². The second-order valence-electron chi connectivity index (χ2n) is 5.82. The lowest BCUT2D eigenvalue weighted by atomic mass is 10.0. The summed E-state index contributed by atoms with van der Waals surface area (Å²) in [7, 11) is 1.67. The van der Waals surface area contributed by atoms with Gasteiger partial charge in [-0.1, -0.05) is 12.5 Å². The van der Waals surface area contributed by atoms with E-state index in [2.05, 4.69) is 38.1 Å². The molecule has 118 valence electrons. The van der Waals surface area contributed by atoms with Crippen molar-refractivity contribution in [2.45, 2.75) is 45.4 Å². The summed E-state index contributed by atoms with van der Waals surface area (Å²) in [6.07, 6.45) is 5.40. The summed E-state index contributed by atoms with van der Waals surface area (Å²) in [4.78, 5) is 11.6. The van der Waals surface area contributed by atoms with Gasteiger partial charge in [-0.2, -0.15) is 5.10 Å². The fourth-order valence-corrected chi connectivity index (χ4v) is 3.01. The number of nitrogens with one attached hydrogen (secondary N) is 1. The first-order chi connectivity index (χ1) is 10.8. The Hall–Kier alpha value is -1.79. The Kier molecular flexibility index (Phi) is 4.80. The molecule has 3 rings (SSSR count). The maximum absolute atomic E-state index is 5.11. The summed E-state index contributed by atoms with van der Waals surface area (Å²) in [5.41, 5.74) is 2.38. The normalized spacial score (nSPS) is 19.5. The zero-order valence-corrected chi connectivity index (χ0v) is 13.2. The van der Waals surface area contributed by atoms with Crippen molar-refractivity contribution in [2.24, 2.45) is 0 Å². The largest absolute Gasteiger partial charge is 0.377 e. The van der Waals surface area contributed by atoms with E-state index in [1.165, 1.54) is 18.4 Å². The quantitative estimate of drug-likeness (QED) is 0.918.